The second kappa shape index (κ2) is 7.47. The van der Waals surface area contributed by atoms with Gasteiger partial charge in [-0.15, -0.1) is 0 Å². The fourth-order valence-electron chi connectivity index (χ4n) is 1.84. The molecule has 0 radical (unpaired) electrons. The highest BCUT2D eigenvalue weighted by Crippen LogP contribution is 2.20. The normalized spacial score (nSPS) is 12.4. The standard InChI is InChI=1S/C16H15ClN2O3S/c1-12(22-14-5-3-2-4-6-14)11-19-23(20,21)15-8-7-13(10-18)16(17)9-15/h2-9,12,19H,11H2,1H3. The van der Waals surface area contributed by atoms with Gasteiger partial charge in [-0.05, 0) is 37.3 Å². The first kappa shape index (κ1) is 17.3. The van der Waals surface area contributed by atoms with E-state index in [2.05, 4.69) is 4.72 Å². The molecule has 0 amide bonds. The van der Waals surface area contributed by atoms with Crippen LogP contribution >= 0.6 is 11.6 Å². The number of nitrogens with one attached hydrogen (secondary N) is 1. The zero-order chi connectivity index (χ0) is 16.9. The summed E-state index contributed by atoms with van der Waals surface area (Å²) in [5, 5.41) is 8.91. The Balaban J connectivity index is 2.01. The maximum atomic E-state index is 12.2. The molecule has 7 heteroatoms. The van der Waals surface area contributed by atoms with Crippen LogP contribution in [0.2, 0.25) is 5.02 Å². The maximum absolute atomic E-state index is 12.2. The number of rotatable bonds is 6. The average molecular weight is 351 g/mol. The van der Waals surface area contributed by atoms with Gasteiger partial charge in [0.15, 0.2) is 0 Å². The molecule has 120 valence electrons. The second-order valence-corrected chi connectivity index (χ2v) is 7.02. The molecule has 0 spiro atoms. The predicted octanol–water partition coefficient (Wildman–Crippen LogP) is 2.96. The van der Waals surface area contributed by atoms with Crippen molar-refractivity contribution in [3.8, 4) is 11.8 Å². The smallest absolute Gasteiger partial charge is 0.240 e. The summed E-state index contributed by atoms with van der Waals surface area (Å²) in [6.07, 6.45) is -0.346. The van der Waals surface area contributed by atoms with Crippen LogP contribution in [0.25, 0.3) is 0 Å². The molecule has 0 aliphatic carbocycles. The molecule has 0 fully saturated rings. The zero-order valence-corrected chi connectivity index (χ0v) is 13.9. The number of halogens is 1. The van der Waals surface area contributed by atoms with Gasteiger partial charge in [0, 0.05) is 6.54 Å². The summed E-state index contributed by atoms with van der Waals surface area (Å²) >= 11 is 5.87. The van der Waals surface area contributed by atoms with E-state index >= 15 is 0 Å². The first-order valence-electron chi connectivity index (χ1n) is 6.83. The van der Waals surface area contributed by atoms with Gasteiger partial charge in [-0.3, -0.25) is 0 Å². The summed E-state index contributed by atoms with van der Waals surface area (Å²) < 4.78 is 32.5. The molecular weight excluding hydrogens is 336 g/mol. The minimum Gasteiger partial charge on any atom is -0.489 e. The van der Waals surface area contributed by atoms with Crippen molar-refractivity contribution in [3.05, 3.63) is 59.1 Å². The number of benzene rings is 2. The van der Waals surface area contributed by atoms with Crippen LogP contribution in [0.3, 0.4) is 0 Å². The van der Waals surface area contributed by atoms with Gasteiger partial charge < -0.3 is 4.74 Å². The SMILES string of the molecule is CC(CNS(=O)(=O)c1ccc(C#N)c(Cl)c1)Oc1ccccc1. The fraction of sp³-hybridized carbons (Fsp3) is 0.188. The Morgan fingerprint density at radius 2 is 1.96 bits per heavy atom. The van der Waals surface area contributed by atoms with Crippen molar-refractivity contribution in [1.82, 2.24) is 4.72 Å². The lowest BCUT2D eigenvalue weighted by atomic mass is 10.2. The molecule has 2 aromatic carbocycles. The Hall–Kier alpha value is -2.07. The van der Waals surface area contributed by atoms with Crippen LogP contribution in [-0.4, -0.2) is 21.1 Å². The van der Waals surface area contributed by atoms with Crippen molar-refractivity contribution in [2.45, 2.75) is 17.9 Å². The van der Waals surface area contributed by atoms with Gasteiger partial charge >= 0.3 is 0 Å². The minimum absolute atomic E-state index is 0.00779. The van der Waals surface area contributed by atoms with Crippen molar-refractivity contribution < 1.29 is 13.2 Å². The van der Waals surface area contributed by atoms with Crippen molar-refractivity contribution in [3.63, 3.8) is 0 Å². The molecule has 23 heavy (non-hydrogen) atoms. The molecule has 0 heterocycles. The van der Waals surface area contributed by atoms with E-state index in [0.717, 1.165) is 0 Å². The molecule has 1 unspecified atom stereocenters. The van der Waals surface area contributed by atoms with Gasteiger partial charge in [0.2, 0.25) is 10.0 Å². The van der Waals surface area contributed by atoms with E-state index < -0.39 is 10.0 Å². The Labute approximate surface area is 140 Å². The first-order valence-corrected chi connectivity index (χ1v) is 8.69. The van der Waals surface area contributed by atoms with Gasteiger partial charge in [-0.25, -0.2) is 13.1 Å². The third-order valence-electron chi connectivity index (χ3n) is 3.01. The Bertz CT molecular complexity index is 817. The van der Waals surface area contributed by atoms with Crippen LogP contribution in [-0.2, 0) is 10.0 Å². The van der Waals surface area contributed by atoms with Crippen LogP contribution in [0.15, 0.2) is 53.4 Å². The Morgan fingerprint density at radius 3 is 2.57 bits per heavy atom. The van der Waals surface area contributed by atoms with Crippen molar-refractivity contribution in [2.24, 2.45) is 0 Å². The molecule has 0 saturated heterocycles. The zero-order valence-electron chi connectivity index (χ0n) is 12.4. The number of nitrogens with zero attached hydrogens (tertiary/aromatic N) is 1. The summed E-state index contributed by atoms with van der Waals surface area (Å²) in [5.74, 6) is 0.667. The van der Waals surface area contributed by atoms with Crippen LogP contribution in [0.4, 0.5) is 0 Å². The van der Waals surface area contributed by atoms with Gasteiger partial charge in [0.1, 0.15) is 17.9 Å². The number of hydrogen-bond donors (Lipinski definition) is 1. The highest BCUT2D eigenvalue weighted by molar-refractivity contribution is 7.89. The van der Waals surface area contributed by atoms with E-state index in [1.54, 1.807) is 19.1 Å². The van der Waals surface area contributed by atoms with Gasteiger partial charge in [0.05, 0.1) is 15.5 Å². The van der Waals surface area contributed by atoms with E-state index in [9.17, 15) is 8.42 Å². The topological polar surface area (TPSA) is 79.2 Å². The van der Waals surface area contributed by atoms with E-state index in [0.29, 0.717) is 5.75 Å². The Kier molecular flexibility index (Phi) is 5.61. The van der Waals surface area contributed by atoms with Crippen LogP contribution < -0.4 is 9.46 Å². The molecular formula is C16H15ClN2O3S. The summed E-state index contributed by atoms with van der Waals surface area (Å²) in [6.45, 7) is 1.87. The molecule has 0 aliphatic rings. The van der Waals surface area contributed by atoms with Gasteiger partial charge in [-0.1, -0.05) is 29.8 Å². The van der Waals surface area contributed by atoms with Crippen molar-refractivity contribution >= 4 is 21.6 Å². The molecule has 2 rings (SSSR count). The molecule has 2 aromatic rings. The van der Waals surface area contributed by atoms with Gasteiger partial charge in [0.25, 0.3) is 0 Å². The number of hydrogen-bond acceptors (Lipinski definition) is 4. The maximum Gasteiger partial charge on any atom is 0.240 e. The summed E-state index contributed by atoms with van der Waals surface area (Å²) in [4.78, 5) is 0.00779. The lowest BCUT2D eigenvalue weighted by Gasteiger charge is -2.15. The van der Waals surface area contributed by atoms with Crippen LogP contribution in [0.5, 0.6) is 5.75 Å². The van der Waals surface area contributed by atoms with E-state index in [4.69, 9.17) is 21.6 Å². The third kappa shape index (κ3) is 4.70. The summed E-state index contributed by atoms with van der Waals surface area (Å²) in [6, 6.07) is 15.0. The molecule has 0 bridgehead atoms. The molecule has 5 nitrogen and oxygen atoms in total. The highest BCUT2D eigenvalue weighted by Gasteiger charge is 2.17. The molecule has 0 saturated carbocycles. The van der Waals surface area contributed by atoms with Crippen molar-refractivity contribution in [2.75, 3.05) is 6.54 Å². The lowest BCUT2D eigenvalue weighted by molar-refractivity contribution is 0.225. The highest BCUT2D eigenvalue weighted by atomic mass is 35.5. The monoisotopic (exact) mass is 350 g/mol. The average Bonchev–Trinajstić information content (AvgIpc) is 2.54. The number of ether oxygens (including phenoxy) is 1. The second-order valence-electron chi connectivity index (χ2n) is 4.85. The van der Waals surface area contributed by atoms with E-state index in [1.165, 1.54) is 18.2 Å². The molecule has 1 atom stereocenters. The first-order chi connectivity index (χ1) is 10.9. The molecule has 0 aliphatic heterocycles. The third-order valence-corrected chi connectivity index (χ3v) is 4.75. The predicted molar refractivity (Wildman–Crippen MR) is 87.9 cm³/mol. The lowest BCUT2D eigenvalue weighted by Crippen LogP contribution is -2.33. The van der Waals surface area contributed by atoms with Crippen LogP contribution in [0, 0.1) is 11.3 Å². The summed E-state index contributed by atoms with van der Waals surface area (Å²) in [5.41, 5.74) is 0.228. The summed E-state index contributed by atoms with van der Waals surface area (Å²) in [7, 11) is -3.72. The molecule has 1 N–H and O–H groups in total. The van der Waals surface area contributed by atoms with E-state index in [-0.39, 0.29) is 28.1 Å². The minimum atomic E-state index is -3.72. The van der Waals surface area contributed by atoms with Gasteiger partial charge in [-0.2, -0.15) is 5.26 Å². The van der Waals surface area contributed by atoms with Crippen LogP contribution in [0.1, 0.15) is 12.5 Å². The Morgan fingerprint density at radius 1 is 1.26 bits per heavy atom. The van der Waals surface area contributed by atoms with Crippen molar-refractivity contribution in [1.29, 1.82) is 5.26 Å². The fourth-order valence-corrected chi connectivity index (χ4v) is 3.27. The number of nitriles is 1. The van der Waals surface area contributed by atoms with E-state index in [1.807, 2.05) is 24.3 Å². The number of sulfonamides is 1. The quantitative estimate of drug-likeness (QED) is 0.868. The largest absolute Gasteiger partial charge is 0.489 e. The molecule has 0 aromatic heterocycles. The number of para-hydroxylation sites is 1.